The van der Waals surface area contributed by atoms with Crippen molar-refractivity contribution in [3.63, 3.8) is 0 Å². The molecule has 0 aliphatic carbocycles. The number of amides is 1. The molecule has 3 saturated heterocycles. The number of halogens is 2. The smallest absolute Gasteiger partial charge is 0.335 e. The minimum absolute atomic E-state index is 0.00667. The van der Waals surface area contributed by atoms with Gasteiger partial charge in [-0.15, -0.1) is 0 Å². The van der Waals surface area contributed by atoms with Gasteiger partial charge in [0.2, 0.25) is 0 Å². The van der Waals surface area contributed by atoms with E-state index in [-0.39, 0.29) is 74.8 Å². The van der Waals surface area contributed by atoms with Gasteiger partial charge in [-0.3, -0.25) is 23.2 Å². The lowest BCUT2D eigenvalue weighted by atomic mass is 10.1. The number of nitrogens with one attached hydrogen (secondary N) is 2. The van der Waals surface area contributed by atoms with E-state index < -0.39 is 99.3 Å². The van der Waals surface area contributed by atoms with Crippen LogP contribution in [0.5, 0.6) is 0 Å². The van der Waals surface area contributed by atoms with Gasteiger partial charge in [-0.2, -0.15) is 5.26 Å². The third-order valence-electron chi connectivity index (χ3n) is 13.0. The maximum atomic E-state index is 16.8. The molecule has 72 heavy (non-hydrogen) atoms. The van der Waals surface area contributed by atoms with Crippen LogP contribution in [0.4, 0.5) is 10.2 Å². The van der Waals surface area contributed by atoms with Crippen molar-refractivity contribution >= 4 is 89.4 Å². The van der Waals surface area contributed by atoms with Crippen molar-refractivity contribution < 1.29 is 59.2 Å². The summed E-state index contributed by atoms with van der Waals surface area (Å²) < 4.78 is 91.7. The molecule has 3 fully saturated rings. The summed E-state index contributed by atoms with van der Waals surface area (Å²) in [6.45, 7) is 11.5. The second-order valence-electron chi connectivity index (χ2n) is 18.7. The van der Waals surface area contributed by atoms with Crippen LogP contribution in [0, 0.1) is 11.3 Å². The average molecular weight is 1110 g/mol. The summed E-state index contributed by atoms with van der Waals surface area (Å²) in [6.07, 6.45) is -6.22. The van der Waals surface area contributed by atoms with Crippen LogP contribution < -0.4 is 10.9 Å². The molecule has 3 N–H and O–H groups in total. The third kappa shape index (κ3) is 10.6. The Morgan fingerprint density at radius 1 is 1.01 bits per heavy atom. The second-order valence-corrected chi connectivity index (χ2v) is 31.7. The largest absolute Gasteiger partial charge is 0.414 e. The molecular formula is C43H57ClFN9O13P2SSi2. The molecule has 0 spiro atoms. The molecule has 8 rings (SSSR count). The number of rotatable bonds is 18. The molecule has 0 bridgehead atoms. The van der Waals surface area contributed by atoms with Crippen molar-refractivity contribution in [2.45, 2.75) is 133 Å². The number of ether oxygens (including phenoxy) is 2. The van der Waals surface area contributed by atoms with Gasteiger partial charge in [0.25, 0.3) is 11.5 Å². The Hall–Kier alpha value is -3.72. The minimum Gasteiger partial charge on any atom is -0.414 e. The first-order valence-corrected chi connectivity index (χ1v) is 31.5. The Kier molecular flexibility index (Phi) is 16.8. The third-order valence-corrected chi connectivity index (χ3v) is 26.3. The fourth-order valence-corrected chi connectivity index (χ4v) is 23.6. The van der Waals surface area contributed by atoms with E-state index >= 15 is 4.39 Å². The fraction of sp³-hybridized carbons (Fsp3) is 0.558. The molecule has 0 radical (unpaired) electrons. The SMILES string of the molecule is CC(C)[Si]1(C(C)C)OC[C@H]2O[C@@H](n3cc(Cl)c4c(=O)[nH]cnc43)[C@H](OP(=S)(OCCC#N)OC[C@H]3O[C@@H](n4cnc5c(NC(=O)c6ccccc6)ncnc54)[C@H](F)[C@@H]3O[PH](=O)O)[C@@H]2O[Si](C(C)C)(C(C)C)O1. The van der Waals surface area contributed by atoms with E-state index in [2.05, 4.69) is 85.6 Å². The van der Waals surface area contributed by atoms with Gasteiger partial charge in [-0.1, -0.05) is 85.2 Å². The monoisotopic (exact) mass is 1110 g/mol. The molecule has 1 aromatic carbocycles. The Labute approximate surface area is 426 Å². The number of carbonyl (C=O) groups excluding carboxylic acids is 1. The van der Waals surface area contributed by atoms with Crippen molar-refractivity contribution in [1.29, 1.82) is 5.26 Å². The Bertz CT molecular complexity index is 2920. The Morgan fingerprint density at radius 2 is 1.72 bits per heavy atom. The molecule has 390 valence electrons. The van der Waals surface area contributed by atoms with Gasteiger partial charge in [-0.05, 0) is 46.1 Å². The van der Waals surface area contributed by atoms with Crippen molar-refractivity contribution in [1.82, 2.24) is 34.1 Å². The number of hydrogen-bond acceptors (Lipinski definition) is 18. The number of nitriles is 1. The standard InChI is InChI=1S/C43H57ClFN9O13P2SSi2/c1-23(2)71(24(3)4)61-19-30-35(66-72(67-71,25(5)6)26(7)8)36(43(63-30)53-17-28(44)31-38(53)48-21-50-41(31)56)65-69(70,59-16-12-15-46)60-18-29-34(64-68(57)58)32(45)42(62-29)54-22-51-33-37(47-20-49-39(33)54)52-40(55)27-13-10-9-11-14-27/h9-11,13-14,17,20-26,29-30,32,34-36,42-43,68H,12,16,18-19H2,1-8H3,(H,57,58)(H,48,50,56)(H,47,49,52,55)/t29-,30-,32-,34-,35-,36-,42-,43-,69?/m1/s1. The van der Waals surface area contributed by atoms with Gasteiger partial charge in [0.1, 0.15) is 42.2 Å². The number of alkyl halides is 1. The first kappa shape index (κ1) is 54.5. The number of aromatic amines is 1. The lowest BCUT2D eigenvalue weighted by molar-refractivity contribution is -0.0583. The summed E-state index contributed by atoms with van der Waals surface area (Å²) in [5, 5.41) is 12.5. The normalized spacial score (nSPS) is 26.5. The zero-order valence-corrected chi connectivity index (χ0v) is 46.0. The Morgan fingerprint density at radius 3 is 2.39 bits per heavy atom. The number of carbonyl (C=O) groups is 1. The first-order chi connectivity index (χ1) is 34.2. The zero-order valence-electron chi connectivity index (χ0n) is 40.5. The molecule has 3 aliphatic heterocycles. The molecule has 29 heteroatoms. The molecule has 5 aromatic rings. The minimum atomic E-state index is -4.19. The van der Waals surface area contributed by atoms with Gasteiger partial charge in [0.05, 0.1) is 50.0 Å². The highest BCUT2D eigenvalue weighted by Crippen LogP contribution is 2.57. The van der Waals surface area contributed by atoms with E-state index in [1.54, 1.807) is 34.9 Å². The number of nitrogens with zero attached hydrogens (tertiary/aromatic N) is 7. The number of anilines is 1. The van der Waals surface area contributed by atoms with Crippen molar-refractivity contribution in [2.24, 2.45) is 0 Å². The number of fused-ring (bicyclic) bond motifs is 3. The molecule has 4 aromatic heterocycles. The summed E-state index contributed by atoms with van der Waals surface area (Å²) in [5.41, 5.74) is -0.0989. The van der Waals surface area contributed by atoms with Gasteiger partial charge in [0, 0.05) is 11.8 Å². The van der Waals surface area contributed by atoms with Crippen molar-refractivity contribution in [3.05, 3.63) is 76.5 Å². The molecule has 2 unspecified atom stereocenters. The van der Waals surface area contributed by atoms with Crippen LogP contribution in [0.1, 0.15) is 84.6 Å². The van der Waals surface area contributed by atoms with Crippen LogP contribution in [0.2, 0.25) is 27.2 Å². The van der Waals surface area contributed by atoms with E-state index in [0.29, 0.717) is 5.56 Å². The highest BCUT2D eigenvalue weighted by Gasteiger charge is 2.63. The molecule has 22 nitrogen and oxygen atoms in total. The number of aromatic nitrogens is 7. The molecule has 3 aliphatic rings. The molecular weight excluding hydrogens is 1060 g/mol. The molecule has 7 heterocycles. The van der Waals surface area contributed by atoms with Crippen LogP contribution in [0.25, 0.3) is 22.2 Å². The number of imidazole rings is 1. The van der Waals surface area contributed by atoms with Gasteiger partial charge < -0.3 is 55.8 Å². The molecule has 1 amide bonds. The quantitative estimate of drug-likeness (QED) is 0.0428. The second kappa shape index (κ2) is 22.2. The number of benzene rings is 1. The average Bonchev–Trinajstić information content (AvgIpc) is 4.08. The van der Waals surface area contributed by atoms with Gasteiger partial charge >= 0.3 is 32.1 Å². The van der Waals surface area contributed by atoms with E-state index in [0.717, 1.165) is 6.33 Å². The Balaban J connectivity index is 1.15. The highest BCUT2D eigenvalue weighted by molar-refractivity contribution is 8.07. The van der Waals surface area contributed by atoms with Crippen LogP contribution in [0.15, 0.2) is 60.3 Å². The summed E-state index contributed by atoms with van der Waals surface area (Å²) in [5.74, 6) is -0.447. The maximum Gasteiger partial charge on any atom is 0.335 e. The lowest BCUT2D eigenvalue weighted by Crippen LogP contribution is -2.65. The predicted octanol–water partition coefficient (Wildman–Crippen LogP) is 7.88. The number of hydrogen-bond donors (Lipinski definition) is 3. The summed E-state index contributed by atoms with van der Waals surface area (Å²) in [6, 6.07) is 10.4. The lowest BCUT2D eigenvalue weighted by Gasteiger charge is -2.51. The van der Waals surface area contributed by atoms with E-state index in [9.17, 15) is 24.3 Å². The van der Waals surface area contributed by atoms with Crippen LogP contribution in [-0.4, -0.2) is 118 Å². The van der Waals surface area contributed by atoms with Crippen LogP contribution >= 0.6 is 26.6 Å². The van der Waals surface area contributed by atoms with Crippen molar-refractivity contribution in [3.8, 4) is 6.07 Å². The highest BCUT2D eigenvalue weighted by atomic mass is 35.5. The van der Waals surface area contributed by atoms with E-state index in [1.165, 1.54) is 23.4 Å². The van der Waals surface area contributed by atoms with E-state index in [4.69, 9.17) is 63.9 Å². The van der Waals surface area contributed by atoms with Crippen LogP contribution in [0.3, 0.4) is 0 Å². The van der Waals surface area contributed by atoms with Crippen molar-refractivity contribution in [2.75, 3.05) is 25.1 Å². The topological polar surface area (TPSA) is 268 Å². The zero-order chi connectivity index (χ0) is 51.9. The van der Waals surface area contributed by atoms with Crippen LogP contribution in [-0.2, 0) is 56.9 Å². The number of H-pyrrole nitrogens is 1. The molecule has 0 saturated carbocycles. The van der Waals surface area contributed by atoms with E-state index in [1.807, 2.05) is 6.07 Å². The summed E-state index contributed by atoms with van der Waals surface area (Å²) in [4.78, 5) is 56.0. The summed E-state index contributed by atoms with van der Waals surface area (Å²) >= 11 is 12.9. The van der Waals surface area contributed by atoms with Gasteiger partial charge in [-0.25, -0.2) is 24.3 Å². The predicted molar refractivity (Wildman–Crippen MR) is 269 cm³/mol. The first-order valence-electron chi connectivity index (χ1n) is 23.3. The summed E-state index contributed by atoms with van der Waals surface area (Å²) in [7, 11) is -10.3. The molecule has 10 atom stereocenters. The van der Waals surface area contributed by atoms with Gasteiger partial charge in [0.15, 0.2) is 41.3 Å². The maximum absolute atomic E-state index is 16.8. The fourth-order valence-electron chi connectivity index (χ4n) is 9.53.